The molecule has 0 saturated carbocycles. The summed E-state index contributed by atoms with van der Waals surface area (Å²) >= 11 is 3.31. The molecule has 0 atom stereocenters. The number of nitrogens with zero attached hydrogens (tertiary/aromatic N) is 3. The highest BCUT2D eigenvalue weighted by Gasteiger charge is 2.17. The summed E-state index contributed by atoms with van der Waals surface area (Å²) < 4.78 is 0.928. The van der Waals surface area contributed by atoms with Crippen molar-refractivity contribution in [3.8, 4) is 11.3 Å². The van der Waals surface area contributed by atoms with E-state index in [0.717, 1.165) is 10.0 Å². The number of hydrogen-bond acceptors (Lipinski definition) is 3. The summed E-state index contributed by atoms with van der Waals surface area (Å²) in [5, 5.41) is 16.8. The van der Waals surface area contributed by atoms with Crippen molar-refractivity contribution < 1.29 is 9.90 Å². The normalized spacial score (nSPS) is 10.4. The molecule has 0 aliphatic heterocycles. The monoisotopic (exact) mass is 281 g/mol. The largest absolute Gasteiger partial charge is 0.476 e. The number of halogens is 1. The van der Waals surface area contributed by atoms with Crippen molar-refractivity contribution in [2.75, 3.05) is 0 Å². The molecule has 0 spiro atoms. The summed E-state index contributed by atoms with van der Waals surface area (Å²) in [7, 11) is 1.59. The highest BCUT2D eigenvalue weighted by Crippen LogP contribution is 2.22. The summed E-state index contributed by atoms with van der Waals surface area (Å²) in [5.41, 5.74) is 1.07. The number of carbonyl (C=O) groups is 1. The molecule has 1 aromatic carbocycles. The Labute approximate surface area is 99.8 Å². The number of hydrogen-bond donors (Lipinski definition) is 1. The van der Waals surface area contributed by atoms with Gasteiger partial charge in [0.2, 0.25) is 0 Å². The first-order chi connectivity index (χ1) is 7.58. The van der Waals surface area contributed by atoms with E-state index in [1.807, 2.05) is 12.1 Å². The lowest BCUT2D eigenvalue weighted by molar-refractivity contribution is 0.0690. The number of benzene rings is 1. The number of carboxylic acid groups (broad SMARTS) is 1. The first-order valence-electron chi connectivity index (χ1n) is 4.48. The van der Waals surface area contributed by atoms with Crippen molar-refractivity contribution in [2.45, 2.75) is 0 Å². The van der Waals surface area contributed by atoms with E-state index in [9.17, 15) is 4.79 Å². The smallest absolute Gasteiger partial charge is 0.358 e. The maximum Gasteiger partial charge on any atom is 0.358 e. The minimum absolute atomic E-state index is 0.0372. The molecule has 1 N–H and O–H groups in total. The Balaban J connectivity index is 2.55. The lowest BCUT2D eigenvalue weighted by Gasteiger charge is -1.97. The van der Waals surface area contributed by atoms with Gasteiger partial charge in [0.05, 0.1) is 0 Å². The minimum Gasteiger partial charge on any atom is -0.476 e. The van der Waals surface area contributed by atoms with Gasteiger partial charge in [-0.25, -0.2) is 4.79 Å². The molecule has 0 radical (unpaired) electrons. The van der Waals surface area contributed by atoms with E-state index in [-0.39, 0.29) is 5.69 Å². The first-order valence-corrected chi connectivity index (χ1v) is 5.28. The Morgan fingerprint density at radius 2 is 1.94 bits per heavy atom. The van der Waals surface area contributed by atoms with Crippen molar-refractivity contribution in [1.82, 2.24) is 15.0 Å². The molecule has 2 aromatic rings. The van der Waals surface area contributed by atoms with Crippen molar-refractivity contribution in [1.29, 1.82) is 0 Å². The molecule has 0 saturated heterocycles. The fourth-order valence-electron chi connectivity index (χ4n) is 1.35. The number of rotatable bonds is 2. The lowest BCUT2D eigenvalue weighted by atomic mass is 10.1. The average molecular weight is 282 g/mol. The Morgan fingerprint density at radius 3 is 2.50 bits per heavy atom. The first kappa shape index (κ1) is 10.8. The molecule has 1 aromatic heterocycles. The van der Waals surface area contributed by atoms with Crippen molar-refractivity contribution in [3.63, 3.8) is 0 Å². The second-order valence-corrected chi connectivity index (χ2v) is 4.11. The molecule has 1 heterocycles. The average Bonchev–Trinajstić information content (AvgIpc) is 2.61. The van der Waals surface area contributed by atoms with E-state index in [4.69, 9.17) is 5.11 Å². The van der Waals surface area contributed by atoms with Crippen LogP contribution in [0.15, 0.2) is 28.7 Å². The zero-order valence-corrected chi connectivity index (χ0v) is 9.97. The second-order valence-electron chi connectivity index (χ2n) is 3.20. The molecule has 0 bridgehead atoms. The third-order valence-electron chi connectivity index (χ3n) is 2.03. The Bertz CT molecular complexity index is 533. The lowest BCUT2D eigenvalue weighted by Crippen LogP contribution is -2.00. The van der Waals surface area contributed by atoms with E-state index in [2.05, 4.69) is 26.1 Å². The van der Waals surface area contributed by atoms with Crippen LogP contribution >= 0.6 is 15.9 Å². The van der Waals surface area contributed by atoms with Gasteiger partial charge in [-0.3, -0.25) is 0 Å². The molecule has 82 valence electrons. The summed E-state index contributed by atoms with van der Waals surface area (Å²) in [5.74, 6) is -1.08. The quantitative estimate of drug-likeness (QED) is 0.914. The fraction of sp³-hybridized carbons (Fsp3) is 0.100. The van der Waals surface area contributed by atoms with Gasteiger partial charge in [-0.05, 0) is 12.1 Å². The van der Waals surface area contributed by atoms with Gasteiger partial charge in [0.25, 0.3) is 0 Å². The minimum atomic E-state index is -1.08. The fourth-order valence-corrected chi connectivity index (χ4v) is 1.62. The predicted molar refractivity (Wildman–Crippen MR) is 61.1 cm³/mol. The summed E-state index contributed by atoms with van der Waals surface area (Å²) in [6.45, 7) is 0. The van der Waals surface area contributed by atoms with Crippen LogP contribution in [0.5, 0.6) is 0 Å². The number of aryl methyl sites for hydroxylation is 1. The van der Waals surface area contributed by atoms with E-state index >= 15 is 0 Å². The third-order valence-corrected chi connectivity index (χ3v) is 2.56. The second kappa shape index (κ2) is 4.05. The Hall–Kier alpha value is -1.69. The molecule has 0 aliphatic carbocycles. The third kappa shape index (κ3) is 1.96. The summed E-state index contributed by atoms with van der Waals surface area (Å²) in [6, 6.07) is 7.24. The zero-order chi connectivity index (χ0) is 11.7. The summed E-state index contributed by atoms with van der Waals surface area (Å²) in [4.78, 5) is 12.2. The van der Waals surface area contributed by atoms with Crippen LogP contribution in [0, 0.1) is 0 Å². The molecule has 5 nitrogen and oxygen atoms in total. The van der Waals surface area contributed by atoms with Crippen LogP contribution in [-0.2, 0) is 7.05 Å². The van der Waals surface area contributed by atoms with Crippen LogP contribution in [0.2, 0.25) is 0 Å². The molecule has 0 amide bonds. The van der Waals surface area contributed by atoms with E-state index in [1.54, 1.807) is 19.2 Å². The van der Waals surface area contributed by atoms with E-state index in [1.165, 1.54) is 4.80 Å². The molecule has 6 heteroatoms. The highest BCUT2D eigenvalue weighted by atomic mass is 79.9. The van der Waals surface area contributed by atoms with Gasteiger partial charge < -0.3 is 5.11 Å². The van der Waals surface area contributed by atoms with Crippen LogP contribution < -0.4 is 0 Å². The van der Waals surface area contributed by atoms with Gasteiger partial charge in [-0.1, -0.05) is 28.1 Å². The zero-order valence-electron chi connectivity index (χ0n) is 8.38. The van der Waals surface area contributed by atoms with Gasteiger partial charge in [0.1, 0.15) is 5.69 Å². The van der Waals surface area contributed by atoms with Gasteiger partial charge >= 0.3 is 5.97 Å². The highest BCUT2D eigenvalue weighted by molar-refractivity contribution is 9.10. The molecule has 16 heavy (non-hydrogen) atoms. The maximum absolute atomic E-state index is 11.0. The van der Waals surface area contributed by atoms with Crippen LogP contribution in [0.3, 0.4) is 0 Å². The number of aromatic nitrogens is 3. The Morgan fingerprint density at radius 1 is 1.31 bits per heavy atom. The van der Waals surface area contributed by atoms with Gasteiger partial charge in [0, 0.05) is 17.1 Å². The van der Waals surface area contributed by atoms with Crippen molar-refractivity contribution >= 4 is 21.9 Å². The Kier molecular flexibility index (Phi) is 2.74. The van der Waals surface area contributed by atoms with Crippen LogP contribution in [-0.4, -0.2) is 26.1 Å². The molecule has 0 unspecified atom stereocenters. The SMILES string of the molecule is Cn1nc(C(=O)O)c(-c2ccc(Br)cc2)n1. The number of carboxylic acids is 1. The molecular weight excluding hydrogens is 274 g/mol. The molecular formula is C10H8BrN3O2. The molecule has 2 rings (SSSR count). The van der Waals surface area contributed by atoms with E-state index < -0.39 is 5.97 Å². The van der Waals surface area contributed by atoms with E-state index in [0.29, 0.717) is 5.69 Å². The van der Waals surface area contributed by atoms with Crippen LogP contribution in [0.4, 0.5) is 0 Å². The van der Waals surface area contributed by atoms with Gasteiger partial charge in [-0.15, -0.1) is 5.10 Å². The molecule has 0 fully saturated rings. The standard InChI is InChI=1S/C10H8BrN3O2/c1-14-12-8(9(13-14)10(15)16)6-2-4-7(11)5-3-6/h2-5H,1H3,(H,15,16). The molecule has 0 aliphatic rings. The van der Waals surface area contributed by atoms with Crippen molar-refractivity contribution in [2.24, 2.45) is 7.05 Å². The topological polar surface area (TPSA) is 68.0 Å². The predicted octanol–water partition coefficient (Wildman–Crippen LogP) is 1.94. The van der Waals surface area contributed by atoms with Crippen LogP contribution in [0.1, 0.15) is 10.5 Å². The van der Waals surface area contributed by atoms with Gasteiger partial charge in [0.15, 0.2) is 5.69 Å². The van der Waals surface area contributed by atoms with Gasteiger partial charge in [-0.2, -0.15) is 9.90 Å². The van der Waals surface area contributed by atoms with Crippen LogP contribution in [0.25, 0.3) is 11.3 Å². The number of aromatic carboxylic acids is 1. The summed E-state index contributed by atoms with van der Waals surface area (Å²) in [6.07, 6.45) is 0. The maximum atomic E-state index is 11.0. The van der Waals surface area contributed by atoms with Crippen molar-refractivity contribution in [3.05, 3.63) is 34.4 Å².